The summed E-state index contributed by atoms with van der Waals surface area (Å²) in [4.78, 5) is 1.27. The Kier molecular flexibility index (Phi) is 7.75. The predicted molar refractivity (Wildman–Crippen MR) is 80.6 cm³/mol. The zero-order chi connectivity index (χ0) is 13.4. The third-order valence-electron chi connectivity index (χ3n) is 2.51. The fourth-order valence-corrected chi connectivity index (χ4v) is 2.85. The van der Waals surface area contributed by atoms with Crippen LogP contribution in [0.3, 0.4) is 0 Å². The molecule has 0 amide bonds. The van der Waals surface area contributed by atoms with Crippen molar-refractivity contribution in [3.8, 4) is 0 Å². The van der Waals surface area contributed by atoms with Crippen molar-refractivity contribution in [1.29, 1.82) is 0 Å². The van der Waals surface area contributed by atoms with E-state index >= 15 is 0 Å². The molecule has 1 aromatic carbocycles. The van der Waals surface area contributed by atoms with E-state index in [-0.39, 0.29) is 0 Å². The lowest BCUT2D eigenvalue weighted by Crippen LogP contribution is -2.22. The largest absolute Gasteiger partial charge is 0.385 e. The Morgan fingerprint density at radius 3 is 2.83 bits per heavy atom. The van der Waals surface area contributed by atoms with Crippen LogP contribution < -0.4 is 5.32 Å². The van der Waals surface area contributed by atoms with Gasteiger partial charge in [0.15, 0.2) is 0 Å². The second-order valence-corrected chi connectivity index (χ2v) is 5.99. The summed E-state index contributed by atoms with van der Waals surface area (Å²) in [5.41, 5.74) is 1.20. The highest BCUT2D eigenvalue weighted by Gasteiger charge is 2.07. The van der Waals surface area contributed by atoms with Crippen molar-refractivity contribution in [2.24, 2.45) is 0 Å². The van der Waals surface area contributed by atoms with Crippen LogP contribution in [0.4, 0.5) is 0 Å². The van der Waals surface area contributed by atoms with Crippen molar-refractivity contribution in [3.63, 3.8) is 0 Å². The number of methoxy groups -OCH3 is 1. The first-order valence-corrected chi connectivity index (χ1v) is 7.64. The number of thioether (sulfide) groups is 1. The van der Waals surface area contributed by atoms with Gasteiger partial charge in [-0.3, -0.25) is 0 Å². The van der Waals surface area contributed by atoms with Gasteiger partial charge in [-0.1, -0.05) is 31.5 Å². The maximum Gasteiger partial charge on any atom is 0.0470 e. The fourth-order valence-electron chi connectivity index (χ4n) is 1.54. The lowest BCUT2D eigenvalue weighted by molar-refractivity contribution is 0.200. The minimum Gasteiger partial charge on any atom is -0.385 e. The normalized spacial score (nSPS) is 11.2. The first-order valence-electron chi connectivity index (χ1n) is 6.27. The van der Waals surface area contributed by atoms with Crippen LogP contribution in [0, 0.1) is 0 Å². The summed E-state index contributed by atoms with van der Waals surface area (Å²) < 4.78 is 5.06. The second kappa shape index (κ2) is 8.81. The van der Waals surface area contributed by atoms with Crippen LogP contribution in [0.15, 0.2) is 23.1 Å². The van der Waals surface area contributed by atoms with Gasteiger partial charge in [0.1, 0.15) is 0 Å². The lowest BCUT2D eigenvalue weighted by Gasteiger charge is -2.14. The molecule has 0 aliphatic heterocycles. The standard InChI is InChI=1S/C14H22ClNOS/c1-11(2)16-10-12-13(15)6-4-7-14(12)18-9-5-8-17-3/h4,6-7,11,16H,5,8-10H2,1-3H3. The van der Waals surface area contributed by atoms with Crippen LogP contribution in [-0.4, -0.2) is 25.5 Å². The molecule has 0 atom stereocenters. The Bertz CT molecular complexity index is 358. The van der Waals surface area contributed by atoms with Gasteiger partial charge >= 0.3 is 0 Å². The summed E-state index contributed by atoms with van der Waals surface area (Å²) in [6.07, 6.45) is 1.06. The quantitative estimate of drug-likeness (QED) is 0.577. The van der Waals surface area contributed by atoms with Crippen LogP contribution in [0.5, 0.6) is 0 Å². The van der Waals surface area contributed by atoms with E-state index in [0.717, 1.165) is 30.3 Å². The lowest BCUT2D eigenvalue weighted by atomic mass is 10.2. The van der Waals surface area contributed by atoms with E-state index in [4.69, 9.17) is 16.3 Å². The highest BCUT2D eigenvalue weighted by molar-refractivity contribution is 7.99. The first kappa shape index (κ1) is 15.8. The van der Waals surface area contributed by atoms with Crippen LogP contribution >= 0.6 is 23.4 Å². The van der Waals surface area contributed by atoms with E-state index in [9.17, 15) is 0 Å². The average molecular weight is 288 g/mol. The minimum atomic E-state index is 0.465. The van der Waals surface area contributed by atoms with Gasteiger partial charge in [-0.2, -0.15) is 0 Å². The van der Waals surface area contributed by atoms with E-state index in [2.05, 4.69) is 25.2 Å². The molecule has 0 heterocycles. The van der Waals surface area contributed by atoms with Crippen LogP contribution in [-0.2, 0) is 11.3 Å². The Balaban J connectivity index is 2.61. The van der Waals surface area contributed by atoms with Gasteiger partial charge in [-0.15, -0.1) is 11.8 Å². The van der Waals surface area contributed by atoms with Crippen LogP contribution in [0.2, 0.25) is 5.02 Å². The molecule has 18 heavy (non-hydrogen) atoms. The highest BCUT2D eigenvalue weighted by Crippen LogP contribution is 2.29. The Hall–Kier alpha value is -0.220. The van der Waals surface area contributed by atoms with Gasteiger partial charge in [0.05, 0.1) is 0 Å². The maximum atomic E-state index is 6.27. The summed E-state index contributed by atoms with van der Waals surface area (Å²) in [6.45, 7) is 5.92. The smallest absolute Gasteiger partial charge is 0.0470 e. The molecule has 0 saturated carbocycles. The number of nitrogens with one attached hydrogen (secondary N) is 1. The third kappa shape index (κ3) is 5.61. The summed E-state index contributed by atoms with van der Waals surface area (Å²) >= 11 is 8.12. The topological polar surface area (TPSA) is 21.3 Å². The zero-order valence-corrected chi connectivity index (χ0v) is 12.9. The molecule has 1 N–H and O–H groups in total. The Morgan fingerprint density at radius 1 is 1.39 bits per heavy atom. The molecule has 2 nitrogen and oxygen atoms in total. The molecule has 0 spiro atoms. The molecule has 0 aromatic heterocycles. The molecule has 1 aromatic rings. The van der Waals surface area contributed by atoms with Gasteiger partial charge in [-0.25, -0.2) is 0 Å². The summed E-state index contributed by atoms with van der Waals surface area (Å²) in [5, 5.41) is 4.27. The van der Waals surface area contributed by atoms with Crippen molar-refractivity contribution in [2.45, 2.75) is 37.8 Å². The SMILES string of the molecule is COCCCSc1cccc(Cl)c1CNC(C)C. The minimum absolute atomic E-state index is 0.465. The number of halogens is 1. The number of hydrogen-bond donors (Lipinski definition) is 1. The maximum absolute atomic E-state index is 6.27. The van der Waals surface area contributed by atoms with E-state index in [1.807, 2.05) is 23.9 Å². The predicted octanol–water partition coefficient (Wildman–Crippen LogP) is 3.97. The Morgan fingerprint density at radius 2 is 2.17 bits per heavy atom. The molecule has 4 heteroatoms. The van der Waals surface area contributed by atoms with Gasteiger partial charge in [0.2, 0.25) is 0 Å². The van der Waals surface area contributed by atoms with Crippen molar-refractivity contribution in [2.75, 3.05) is 19.5 Å². The molecule has 102 valence electrons. The fraction of sp³-hybridized carbons (Fsp3) is 0.571. The molecule has 0 aliphatic carbocycles. The average Bonchev–Trinajstić information content (AvgIpc) is 2.33. The zero-order valence-electron chi connectivity index (χ0n) is 11.3. The van der Waals surface area contributed by atoms with Crippen molar-refractivity contribution < 1.29 is 4.74 Å². The van der Waals surface area contributed by atoms with E-state index in [1.54, 1.807) is 7.11 Å². The van der Waals surface area contributed by atoms with Crippen LogP contribution in [0.1, 0.15) is 25.8 Å². The molecule has 0 unspecified atom stereocenters. The summed E-state index contributed by atoms with van der Waals surface area (Å²) in [5.74, 6) is 1.06. The van der Waals surface area contributed by atoms with Crippen LogP contribution in [0.25, 0.3) is 0 Å². The van der Waals surface area contributed by atoms with Gasteiger partial charge in [0.25, 0.3) is 0 Å². The number of benzene rings is 1. The molecule has 0 aliphatic rings. The monoisotopic (exact) mass is 287 g/mol. The molecule has 0 saturated heterocycles. The van der Waals surface area contributed by atoms with Gasteiger partial charge in [0, 0.05) is 42.0 Å². The highest BCUT2D eigenvalue weighted by atomic mass is 35.5. The number of ether oxygens (including phenoxy) is 1. The summed E-state index contributed by atoms with van der Waals surface area (Å²) in [6, 6.07) is 6.58. The third-order valence-corrected chi connectivity index (χ3v) is 4.05. The van der Waals surface area contributed by atoms with E-state index < -0.39 is 0 Å². The molecule has 0 radical (unpaired) electrons. The molecular weight excluding hydrogens is 266 g/mol. The molecular formula is C14H22ClNOS. The van der Waals surface area contributed by atoms with Gasteiger partial charge < -0.3 is 10.1 Å². The van der Waals surface area contributed by atoms with E-state index in [0.29, 0.717) is 6.04 Å². The van der Waals surface area contributed by atoms with Crippen molar-refractivity contribution in [3.05, 3.63) is 28.8 Å². The second-order valence-electron chi connectivity index (χ2n) is 4.45. The molecule has 0 bridgehead atoms. The van der Waals surface area contributed by atoms with E-state index in [1.165, 1.54) is 10.5 Å². The van der Waals surface area contributed by atoms with Gasteiger partial charge in [-0.05, 0) is 24.1 Å². The molecule has 0 fully saturated rings. The number of rotatable bonds is 8. The van der Waals surface area contributed by atoms with Crippen molar-refractivity contribution in [1.82, 2.24) is 5.32 Å². The summed E-state index contributed by atoms with van der Waals surface area (Å²) in [7, 11) is 1.74. The molecule has 1 rings (SSSR count). The Labute approximate surface area is 119 Å². The first-order chi connectivity index (χ1) is 8.65. The number of hydrogen-bond acceptors (Lipinski definition) is 3. The van der Waals surface area contributed by atoms with Crippen molar-refractivity contribution >= 4 is 23.4 Å².